The first-order chi connectivity index (χ1) is 11.9. The molecular formula is C18H18F4O4. The van der Waals surface area contributed by atoms with Gasteiger partial charge in [0.05, 0.1) is 11.5 Å². The Balaban J connectivity index is 3.65. The molecule has 1 aromatic carbocycles. The summed E-state index contributed by atoms with van der Waals surface area (Å²) in [5.74, 6) is -9.59. The molecule has 2 N–H and O–H groups in total. The van der Waals surface area contributed by atoms with E-state index in [9.17, 15) is 37.4 Å². The van der Waals surface area contributed by atoms with Crippen molar-refractivity contribution in [3.63, 3.8) is 0 Å². The van der Waals surface area contributed by atoms with Gasteiger partial charge < -0.3 is 10.2 Å². The van der Waals surface area contributed by atoms with Gasteiger partial charge in [-0.05, 0) is 27.7 Å². The molecule has 1 rings (SSSR count). The molecule has 0 spiro atoms. The average Bonchev–Trinajstić information content (AvgIpc) is 2.51. The van der Waals surface area contributed by atoms with Crippen LogP contribution in [0.1, 0.15) is 38.8 Å². The summed E-state index contributed by atoms with van der Waals surface area (Å²) in [4.78, 5) is 23.0. The molecule has 142 valence electrons. The lowest BCUT2D eigenvalue weighted by Crippen LogP contribution is -2.15. The second kappa shape index (κ2) is 8.16. The van der Waals surface area contributed by atoms with Crippen LogP contribution in [0.15, 0.2) is 22.7 Å². The van der Waals surface area contributed by atoms with Crippen molar-refractivity contribution in [3.8, 4) is 0 Å². The van der Waals surface area contributed by atoms with E-state index in [-0.39, 0.29) is 11.1 Å². The molecule has 0 radical (unpaired) electrons. The Morgan fingerprint density at radius 3 is 1.19 bits per heavy atom. The van der Waals surface area contributed by atoms with Crippen LogP contribution in [0.2, 0.25) is 0 Å². The fraction of sp³-hybridized carbons (Fsp3) is 0.333. The molecule has 0 saturated heterocycles. The van der Waals surface area contributed by atoms with Gasteiger partial charge in [0.15, 0.2) is 29.0 Å². The largest absolute Gasteiger partial charge is 0.512 e. The zero-order valence-corrected chi connectivity index (χ0v) is 14.6. The Morgan fingerprint density at radius 1 is 0.654 bits per heavy atom. The highest BCUT2D eigenvalue weighted by molar-refractivity contribution is 5.94. The fourth-order valence-corrected chi connectivity index (χ4v) is 2.41. The summed E-state index contributed by atoms with van der Waals surface area (Å²) in [5, 5.41) is 18.9. The number of Topliss-reactive ketones (excluding diaryl/α,β-unsaturated/α-hetero) is 2. The first kappa shape index (κ1) is 21.4. The smallest absolute Gasteiger partial charge is 0.195 e. The third kappa shape index (κ3) is 4.30. The summed E-state index contributed by atoms with van der Waals surface area (Å²) in [6, 6.07) is 0. The summed E-state index contributed by atoms with van der Waals surface area (Å²) in [5.41, 5.74) is -2.67. The third-order valence-electron chi connectivity index (χ3n) is 3.88. The van der Waals surface area contributed by atoms with Crippen molar-refractivity contribution >= 4 is 11.6 Å². The van der Waals surface area contributed by atoms with Crippen LogP contribution in [-0.4, -0.2) is 21.8 Å². The number of aliphatic hydroxyl groups is 2. The maximum atomic E-state index is 14.7. The molecule has 0 heterocycles. The van der Waals surface area contributed by atoms with Gasteiger partial charge in [0.2, 0.25) is 0 Å². The number of hydrogen-bond donors (Lipinski definition) is 2. The van der Waals surface area contributed by atoms with E-state index in [0.717, 1.165) is 27.7 Å². The molecule has 0 unspecified atom stereocenters. The Hall–Kier alpha value is -2.64. The van der Waals surface area contributed by atoms with E-state index in [1.165, 1.54) is 0 Å². The molecular weight excluding hydrogens is 356 g/mol. The van der Waals surface area contributed by atoms with Crippen molar-refractivity contribution < 1.29 is 37.4 Å². The van der Waals surface area contributed by atoms with Crippen LogP contribution in [-0.2, 0) is 22.4 Å². The predicted molar refractivity (Wildman–Crippen MR) is 85.7 cm³/mol. The molecule has 0 atom stereocenters. The maximum Gasteiger partial charge on any atom is 0.195 e. The summed E-state index contributed by atoms with van der Waals surface area (Å²) in [6.07, 6.45) is -1.62. The second-order valence-electron chi connectivity index (χ2n) is 5.81. The highest BCUT2D eigenvalue weighted by atomic mass is 19.2. The minimum atomic E-state index is -1.98. The number of benzene rings is 1. The first-order valence-electron chi connectivity index (χ1n) is 7.53. The minimum Gasteiger partial charge on any atom is -0.512 e. The Kier molecular flexibility index (Phi) is 6.72. The predicted octanol–water partition coefficient (Wildman–Crippen LogP) is 4.17. The number of rotatable bonds is 6. The molecule has 0 aromatic heterocycles. The van der Waals surface area contributed by atoms with Gasteiger partial charge in [-0.1, -0.05) is 0 Å². The number of allylic oxidation sites excluding steroid dienone is 4. The number of hydrogen-bond acceptors (Lipinski definition) is 4. The van der Waals surface area contributed by atoms with Gasteiger partial charge in [0, 0.05) is 35.1 Å². The van der Waals surface area contributed by atoms with Crippen LogP contribution in [0.3, 0.4) is 0 Å². The van der Waals surface area contributed by atoms with Crippen molar-refractivity contribution in [2.45, 2.75) is 40.5 Å². The van der Waals surface area contributed by atoms with Gasteiger partial charge in [0.25, 0.3) is 0 Å². The van der Waals surface area contributed by atoms with Crippen LogP contribution < -0.4 is 0 Å². The zero-order chi connectivity index (χ0) is 20.3. The molecule has 0 saturated carbocycles. The lowest BCUT2D eigenvalue weighted by Gasteiger charge is -2.14. The fourth-order valence-electron chi connectivity index (χ4n) is 2.41. The average molecular weight is 374 g/mol. The number of ketones is 2. The summed E-state index contributed by atoms with van der Waals surface area (Å²) >= 11 is 0. The number of carbonyl (C=O) groups excluding carboxylic acids is 2. The van der Waals surface area contributed by atoms with Crippen LogP contribution in [0.25, 0.3) is 0 Å². The highest BCUT2D eigenvalue weighted by Crippen LogP contribution is 2.29. The van der Waals surface area contributed by atoms with Gasteiger partial charge in [0.1, 0.15) is 5.82 Å². The van der Waals surface area contributed by atoms with Crippen molar-refractivity contribution in [3.05, 3.63) is 57.1 Å². The van der Waals surface area contributed by atoms with E-state index < -0.39 is 70.3 Å². The third-order valence-corrected chi connectivity index (χ3v) is 3.88. The van der Waals surface area contributed by atoms with Gasteiger partial charge in [-0.2, -0.15) is 0 Å². The lowest BCUT2D eigenvalue weighted by atomic mass is 9.94. The van der Waals surface area contributed by atoms with E-state index in [2.05, 4.69) is 0 Å². The van der Waals surface area contributed by atoms with E-state index >= 15 is 0 Å². The number of carbonyl (C=O) groups is 2. The molecule has 0 bridgehead atoms. The quantitative estimate of drug-likeness (QED) is 0.258. The SMILES string of the molecule is CC(=O)C(Cc1c(F)c(F)c(F)c(C/C(C(C)=O)=C(\C)O)c1F)=C(C)O. The Labute approximate surface area is 147 Å². The minimum absolute atomic E-state index is 0.375. The Bertz CT molecular complexity index is 765. The highest BCUT2D eigenvalue weighted by Gasteiger charge is 2.28. The zero-order valence-electron chi connectivity index (χ0n) is 14.6. The van der Waals surface area contributed by atoms with Crippen molar-refractivity contribution in [2.24, 2.45) is 0 Å². The molecule has 0 fully saturated rings. The molecule has 8 heteroatoms. The van der Waals surface area contributed by atoms with Crippen LogP contribution in [0.5, 0.6) is 0 Å². The van der Waals surface area contributed by atoms with Crippen LogP contribution >= 0.6 is 0 Å². The van der Waals surface area contributed by atoms with Gasteiger partial charge in [-0.3, -0.25) is 9.59 Å². The molecule has 0 aliphatic heterocycles. The van der Waals surface area contributed by atoms with E-state index in [1.54, 1.807) is 0 Å². The van der Waals surface area contributed by atoms with Crippen molar-refractivity contribution in [2.75, 3.05) is 0 Å². The van der Waals surface area contributed by atoms with Gasteiger partial charge >= 0.3 is 0 Å². The summed E-state index contributed by atoms with van der Waals surface area (Å²) in [7, 11) is 0. The molecule has 26 heavy (non-hydrogen) atoms. The monoisotopic (exact) mass is 374 g/mol. The van der Waals surface area contributed by atoms with Gasteiger partial charge in [-0.25, -0.2) is 17.6 Å². The summed E-state index contributed by atoms with van der Waals surface area (Å²) < 4.78 is 56.7. The Morgan fingerprint density at radius 2 is 0.962 bits per heavy atom. The van der Waals surface area contributed by atoms with Crippen molar-refractivity contribution in [1.29, 1.82) is 0 Å². The first-order valence-corrected chi connectivity index (χ1v) is 7.53. The normalized spacial score (nSPS) is 13.2. The maximum absolute atomic E-state index is 14.7. The van der Waals surface area contributed by atoms with Gasteiger partial charge in [-0.15, -0.1) is 0 Å². The molecule has 0 amide bonds. The number of aliphatic hydroxyl groups excluding tert-OH is 2. The van der Waals surface area contributed by atoms with E-state index in [1.807, 2.05) is 0 Å². The second-order valence-corrected chi connectivity index (χ2v) is 5.81. The summed E-state index contributed by atoms with van der Waals surface area (Å²) in [6.45, 7) is 4.30. The molecule has 0 aliphatic carbocycles. The molecule has 1 aromatic rings. The van der Waals surface area contributed by atoms with Crippen molar-refractivity contribution in [1.82, 2.24) is 0 Å². The van der Waals surface area contributed by atoms with E-state index in [0.29, 0.717) is 0 Å². The standard InChI is InChI=1S/C18H18F4O4/c1-7(23)11(8(2)24)5-13-15(19)14(17(21)18(22)16(13)20)6-12(9(3)25)10(4)26/h23,25H,5-6H2,1-4H3/b11-7-,12-9?. The lowest BCUT2D eigenvalue weighted by molar-refractivity contribution is -0.114. The molecule has 0 aliphatic rings. The van der Waals surface area contributed by atoms with E-state index in [4.69, 9.17) is 0 Å². The van der Waals surface area contributed by atoms with Crippen LogP contribution in [0.4, 0.5) is 17.6 Å². The topological polar surface area (TPSA) is 74.6 Å². The number of halogens is 4. The molecule has 4 nitrogen and oxygen atoms in total. The van der Waals surface area contributed by atoms with Crippen LogP contribution in [0, 0.1) is 23.3 Å².